The summed E-state index contributed by atoms with van der Waals surface area (Å²) in [6, 6.07) is 10.4. The molecule has 2 rings (SSSR count). The van der Waals surface area contributed by atoms with Gasteiger partial charge < -0.3 is 10.2 Å². The van der Waals surface area contributed by atoms with Crippen molar-refractivity contribution in [2.75, 3.05) is 0 Å². The van der Waals surface area contributed by atoms with Gasteiger partial charge in [0.1, 0.15) is 6.10 Å². The molecule has 0 radical (unpaired) electrons. The van der Waals surface area contributed by atoms with Crippen LogP contribution in [0.25, 0.3) is 0 Å². The summed E-state index contributed by atoms with van der Waals surface area (Å²) in [5, 5.41) is 19.6. The second kappa shape index (κ2) is 5.38. The second-order valence-corrected chi connectivity index (χ2v) is 6.86. The molecule has 0 aliphatic carbocycles. The lowest BCUT2D eigenvalue weighted by Gasteiger charge is -2.16. The average Bonchev–Trinajstić information content (AvgIpc) is 2.87. The lowest BCUT2D eigenvalue weighted by molar-refractivity contribution is 0.0691. The van der Waals surface area contributed by atoms with E-state index in [1.165, 1.54) is 22.3 Å². The maximum Gasteiger partial charge on any atom is 0.336 e. The van der Waals surface area contributed by atoms with Gasteiger partial charge in [-0.2, -0.15) is 0 Å². The van der Waals surface area contributed by atoms with Crippen LogP contribution in [-0.4, -0.2) is 16.2 Å². The third-order valence-electron chi connectivity index (χ3n) is 3.12. The SMILES string of the molecule is CC(C)(C)c1ccc(C(O)c2ccccc2C(=O)O)s1. The van der Waals surface area contributed by atoms with Crippen molar-refractivity contribution in [3.8, 4) is 0 Å². The van der Waals surface area contributed by atoms with Crippen molar-refractivity contribution in [2.45, 2.75) is 32.3 Å². The number of carbonyl (C=O) groups is 1. The van der Waals surface area contributed by atoms with Crippen LogP contribution in [-0.2, 0) is 5.41 Å². The number of carboxylic acids is 1. The van der Waals surface area contributed by atoms with Gasteiger partial charge in [-0.1, -0.05) is 39.0 Å². The molecular weight excluding hydrogens is 272 g/mol. The van der Waals surface area contributed by atoms with E-state index in [2.05, 4.69) is 20.8 Å². The summed E-state index contributed by atoms with van der Waals surface area (Å²) in [6.45, 7) is 6.33. The Morgan fingerprint density at radius 1 is 1.15 bits per heavy atom. The number of aliphatic hydroxyl groups excluding tert-OH is 1. The van der Waals surface area contributed by atoms with E-state index in [1.54, 1.807) is 18.2 Å². The van der Waals surface area contributed by atoms with Gasteiger partial charge >= 0.3 is 5.97 Å². The van der Waals surface area contributed by atoms with Crippen LogP contribution in [0.4, 0.5) is 0 Å². The number of carboxylic acid groups (broad SMARTS) is 1. The van der Waals surface area contributed by atoms with Crippen LogP contribution in [0, 0.1) is 0 Å². The van der Waals surface area contributed by atoms with Crippen molar-refractivity contribution in [1.29, 1.82) is 0 Å². The molecule has 1 aromatic heterocycles. The fraction of sp³-hybridized carbons (Fsp3) is 0.312. The van der Waals surface area contributed by atoms with E-state index in [1.807, 2.05) is 12.1 Å². The van der Waals surface area contributed by atoms with Crippen LogP contribution in [0.1, 0.15) is 52.6 Å². The van der Waals surface area contributed by atoms with Gasteiger partial charge in [0.25, 0.3) is 0 Å². The van der Waals surface area contributed by atoms with Crippen molar-refractivity contribution in [3.05, 3.63) is 57.3 Å². The number of aromatic carboxylic acids is 1. The molecule has 20 heavy (non-hydrogen) atoms. The maximum absolute atomic E-state index is 11.2. The van der Waals surface area contributed by atoms with Crippen molar-refractivity contribution >= 4 is 17.3 Å². The Balaban J connectivity index is 2.39. The summed E-state index contributed by atoms with van der Waals surface area (Å²) in [5.74, 6) is -1.02. The third-order valence-corrected chi connectivity index (χ3v) is 4.68. The summed E-state index contributed by atoms with van der Waals surface area (Å²) in [4.78, 5) is 13.1. The minimum Gasteiger partial charge on any atom is -0.478 e. The largest absolute Gasteiger partial charge is 0.478 e. The Hall–Kier alpha value is -1.65. The first-order valence-electron chi connectivity index (χ1n) is 6.41. The highest BCUT2D eigenvalue weighted by Gasteiger charge is 2.22. The number of thiophene rings is 1. The molecule has 1 unspecified atom stereocenters. The Labute approximate surface area is 122 Å². The average molecular weight is 290 g/mol. The van der Waals surface area contributed by atoms with Gasteiger partial charge in [0.2, 0.25) is 0 Å². The highest BCUT2D eigenvalue weighted by molar-refractivity contribution is 7.12. The number of hydrogen-bond donors (Lipinski definition) is 2. The molecule has 1 atom stereocenters. The number of benzene rings is 1. The van der Waals surface area contributed by atoms with Crippen LogP contribution in [0.5, 0.6) is 0 Å². The Bertz CT molecular complexity index is 623. The van der Waals surface area contributed by atoms with E-state index >= 15 is 0 Å². The second-order valence-electron chi connectivity index (χ2n) is 5.75. The van der Waals surface area contributed by atoms with Gasteiger partial charge in [-0.25, -0.2) is 4.79 Å². The van der Waals surface area contributed by atoms with E-state index in [9.17, 15) is 15.0 Å². The first kappa shape index (κ1) is 14.8. The molecule has 1 aromatic carbocycles. The molecular formula is C16H18O3S. The monoisotopic (exact) mass is 290 g/mol. The van der Waals surface area contributed by atoms with Crippen LogP contribution in [0.3, 0.4) is 0 Å². The molecule has 4 heteroatoms. The fourth-order valence-electron chi connectivity index (χ4n) is 1.99. The molecule has 0 bridgehead atoms. The van der Waals surface area contributed by atoms with E-state index in [-0.39, 0.29) is 11.0 Å². The highest BCUT2D eigenvalue weighted by Crippen LogP contribution is 2.35. The van der Waals surface area contributed by atoms with E-state index in [0.717, 1.165) is 4.88 Å². The van der Waals surface area contributed by atoms with Crippen molar-refractivity contribution in [2.24, 2.45) is 0 Å². The fourth-order valence-corrected chi connectivity index (χ4v) is 3.06. The zero-order chi connectivity index (χ0) is 14.9. The topological polar surface area (TPSA) is 57.5 Å². The number of aliphatic hydroxyl groups is 1. The molecule has 0 fully saturated rings. The van der Waals surface area contributed by atoms with Gasteiger partial charge in [-0.05, 0) is 23.6 Å². The minimum atomic E-state index is -1.02. The number of hydrogen-bond acceptors (Lipinski definition) is 3. The van der Waals surface area contributed by atoms with E-state index < -0.39 is 12.1 Å². The van der Waals surface area contributed by atoms with Gasteiger partial charge in [-0.3, -0.25) is 0 Å². The predicted molar refractivity (Wildman–Crippen MR) is 80.5 cm³/mol. The van der Waals surface area contributed by atoms with Crippen LogP contribution >= 0.6 is 11.3 Å². The Morgan fingerprint density at radius 2 is 1.80 bits per heavy atom. The molecule has 2 aromatic rings. The Kier molecular flexibility index (Phi) is 3.97. The molecule has 1 heterocycles. The van der Waals surface area contributed by atoms with Crippen LogP contribution in [0.2, 0.25) is 0 Å². The summed E-state index contributed by atoms with van der Waals surface area (Å²) in [5.41, 5.74) is 0.600. The smallest absolute Gasteiger partial charge is 0.336 e. The summed E-state index contributed by atoms with van der Waals surface area (Å²) < 4.78 is 0. The lowest BCUT2D eigenvalue weighted by Crippen LogP contribution is -2.08. The first-order chi connectivity index (χ1) is 9.30. The molecule has 0 spiro atoms. The van der Waals surface area contributed by atoms with Crippen molar-refractivity contribution in [1.82, 2.24) is 0 Å². The standard InChI is InChI=1S/C16H18O3S/c1-16(2,3)13-9-8-12(20-13)14(17)10-6-4-5-7-11(10)15(18)19/h4-9,14,17H,1-3H3,(H,18,19). The van der Waals surface area contributed by atoms with E-state index in [4.69, 9.17) is 0 Å². The van der Waals surface area contributed by atoms with E-state index in [0.29, 0.717) is 5.56 Å². The molecule has 0 saturated heterocycles. The molecule has 0 saturated carbocycles. The zero-order valence-corrected chi connectivity index (χ0v) is 12.6. The highest BCUT2D eigenvalue weighted by atomic mass is 32.1. The third kappa shape index (κ3) is 2.92. The Morgan fingerprint density at radius 3 is 2.35 bits per heavy atom. The zero-order valence-electron chi connectivity index (χ0n) is 11.8. The predicted octanol–water partition coefficient (Wildman–Crippen LogP) is 3.83. The van der Waals surface area contributed by atoms with Crippen molar-refractivity contribution in [3.63, 3.8) is 0 Å². The number of rotatable bonds is 3. The molecule has 3 nitrogen and oxygen atoms in total. The maximum atomic E-state index is 11.2. The quantitative estimate of drug-likeness (QED) is 0.903. The lowest BCUT2D eigenvalue weighted by atomic mass is 9.95. The minimum absolute atomic E-state index is 0.0228. The summed E-state index contributed by atoms with van der Waals surface area (Å²) in [7, 11) is 0. The summed E-state index contributed by atoms with van der Waals surface area (Å²) in [6.07, 6.45) is -0.900. The van der Waals surface area contributed by atoms with Gasteiger partial charge in [-0.15, -0.1) is 11.3 Å². The van der Waals surface area contributed by atoms with Crippen molar-refractivity contribution < 1.29 is 15.0 Å². The molecule has 0 aliphatic rings. The first-order valence-corrected chi connectivity index (χ1v) is 7.23. The molecule has 0 amide bonds. The normalized spacial score (nSPS) is 13.2. The molecule has 2 N–H and O–H groups in total. The van der Waals surface area contributed by atoms with Crippen LogP contribution < -0.4 is 0 Å². The van der Waals surface area contributed by atoms with Gasteiger partial charge in [0.15, 0.2) is 0 Å². The van der Waals surface area contributed by atoms with Gasteiger partial charge in [0.05, 0.1) is 5.56 Å². The summed E-state index contributed by atoms with van der Waals surface area (Å²) >= 11 is 1.52. The van der Waals surface area contributed by atoms with Crippen LogP contribution in [0.15, 0.2) is 36.4 Å². The molecule has 0 aliphatic heterocycles. The molecule has 106 valence electrons. The van der Waals surface area contributed by atoms with Gasteiger partial charge in [0, 0.05) is 15.3 Å².